The van der Waals surface area contributed by atoms with Crippen molar-refractivity contribution in [3.05, 3.63) is 83.9 Å². The lowest BCUT2D eigenvalue weighted by atomic mass is 10.1. The van der Waals surface area contributed by atoms with Gasteiger partial charge in [-0.1, -0.05) is 30.3 Å². The summed E-state index contributed by atoms with van der Waals surface area (Å²) in [4.78, 5) is 23.2. The van der Waals surface area contributed by atoms with Crippen molar-refractivity contribution in [1.29, 1.82) is 0 Å². The van der Waals surface area contributed by atoms with E-state index in [1.54, 1.807) is 17.3 Å². The summed E-state index contributed by atoms with van der Waals surface area (Å²) in [7, 11) is 1.81. The molecule has 2 N–H and O–H groups in total. The van der Waals surface area contributed by atoms with Crippen LogP contribution in [0.25, 0.3) is 0 Å². The molecule has 0 saturated carbocycles. The number of aliphatic imine (C=N–C) groups is 1. The Bertz CT molecular complexity index is 993. The van der Waals surface area contributed by atoms with Crippen LogP contribution in [-0.4, -0.2) is 58.2 Å². The third kappa shape index (κ3) is 8.83. The summed E-state index contributed by atoms with van der Waals surface area (Å²) >= 11 is 0. The molecular formula is C24H32IN7O. The van der Waals surface area contributed by atoms with Crippen LogP contribution >= 0.6 is 24.0 Å². The van der Waals surface area contributed by atoms with Crippen molar-refractivity contribution in [3.63, 3.8) is 0 Å². The average molecular weight is 561 g/mol. The standard InChI is InChI=1S/C24H31N7O.HI/c1-3-25-24(28-18-23(32)30(2)16-12-22-11-6-7-13-26-22)27-17-20-9-4-5-10-21(20)19-31-15-8-14-29-31;/h4-11,13-15H,3,12,16-19H2,1-2H3,(H2,25,27,28);1H. The van der Waals surface area contributed by atoms with Crippen molar-refractivity contribution in [2.24, 2.45) is 4.99 Å². The second kappa shape index (κ2) is 14.2. The summed E-state index contributed by atoms with van der Waals surface area (Å²) in [5, 5.41) is 10.6. The lowest BCUT2D eigenvalue weighted by molar-refractivity contribution is -0.128. The zero-order valence-corrected chi connectivity index (χ0v) is 21.5. The average Bonchev–Trinajstić information content (AvgIpc) is 3.33. The van der Waals surface area contributed by atoms with E-state index in [9.17, 15) is 4.79 Å². The number of carbonyl (C=O) groups is 1. The number of likely N-dealkylation sites (N-methyl/N-ethyl adjacent to an activating group) is 1. The van der Waals surface area contributed by atoms with Crippen molar-refractivity contribution in [3.8, 4) is 0 Å². The Morgan fingerprint density at radius 1 is 1.06 bits per heavy atom. The van der Waals surface area contributed by atoms with E-state index in [0.717, 1.165) is 17.7 Å². The van der Waals surface area contributed by atoms with Crippen LogP contribution in [0.4, 0.5) is 0 Å². The first kappa shape index (κ1) is 26.3. The predicted molar refractivity (Wildman–Crippen MR) is 142 cm³/mol. The third-order valence-electron chi connectivity index (χ3n) is 5.02. The molecule has 3 aromatic rings. The fourth-order valence-corrected chi connectivity index (χ4v) is 3.19. The molecule has 176 valence electrons. The molecule has 0 fully saturated rings. The SMILES string of the molecule is CCNC(=NCc1ccccc1Cn1cccn1)NCC(=O)N(C)CCc1ccccn1.I. The van der Waals surface area contributed by atoms with Gasteiger partial charge in [0.25, 0.3) is 0 Å². The number of pyridine rings is 1. The van der Waals surface area contributed by atoms with Crippen LogP contribution in [-0.2, 0) is 24.3 Å². The van der Waals surface area contributed by atoms with Gasteiger partial charge in [-0.2, -0.15) is 5.10 Å². The molecule has 0 spiro atoms. The molecule has 9 heteroatoms. The number of nitrogens with zero attached hydrogens (tertiary/aromatic N) is 5. The number of halogens is 1. The van der Waals surface area contributed by atoms with E-state index in [-0.39, 0.29) is 36.4 Å². The van der Waals surface area contributed by atoms with Crippen LogP contribution in [0.1, 0.15) is 23.7 Å². The van der Waals surface area contributed by atoms with Crippen LogP contribution < -0.4 is 10.6 Å². The molecule has 33 heavy (non-hydrogen) atoms. The Morgan fingerprint density at radius 2 is 1.85 bits per heavy atom. The largest absolute Gasteiger partial charge is 0.357 e. The highest BCUT2D eigenvalue weighted by Gasteiger charge is 2.10. The first-order valence-corrected chi connectivity index (χ1v) is 10.9. The second-order valence-corrected chi connectivity index (χ2v) is 7.41. The molecule has 0 bridgehead atoms. The van der Waals surface area contributed by atoms with E-state index in [0.29, 0.717) is 32.1 Å². The minimum Gasteiger partial charge on any atom is -0.357 e. The molecule has 3 rings (SSSR count). The summed E-state index contributed by atoms with van der Waals surface area (Å²) in [6.07, 6.45) is 6.22. The molecule has 2 heterocycles. The summed E-state index contributed by atoms with van der Waals surface area (Å²) in [6.45, 7) is 4.72. The molecule has 2 aromatic heterocycles. The molecule has 0 aliphatic heterocycles. The fourth-order valence-electron chi connectivity index (χ4n) is 3.19. The molecule has 0 radical (unpaired) electrons. The van der Waals surface area contributed by atoms with Crippen LogP contribution in [0.15, 0.2) is 72.1 Å². The lowest BCUT2D eigenvalue weighted by Crippen LogP contribution is -2.44. The van der Waals surface area contributed by atoms with Gasteiger partial charge in [-0.25, -0.2) is 4.99 Å². The van der Waals surface area contributed by atoms with E-state index < -0.39 is 0 Å². The highest BCUT2D eigenvalue weighted by molar-refractivity contribution is 14.0. The van der Waals surface area contributed by atoms with Gasteiger partial charge in [0.1, 0.15) is 0 Å². The molecule has 1 aromatic carbocycles. The monoisotopic (exact) mass is 561 g/mol. The Morgan fingerprint density at radius 3 is 2.55 bits per heavy atom. The van der Waals surface area contributed by atoms with Crippen molar-refractivity contribution in [2.75, 3.05) is 26.7 Å². The first-order valence-electron chi connectivity index (χ1n) is 10.9. The number of benzene rings is 1. The number of nitrogens with one attached hydrogen (secondary N) is 2. The Kier molecular flexibility index (Phi) is 11.4. The van der Waals surface area contributed by atoms with Gasteiger partial charge in [0.2, 0.25) is 5.91 Å². The van der Waals surface area contributed by atoms with Crippen molar-refractivity contribution in [1.82, 2.24) is 30.3 Å². The van der Waals surface area contributed by atoms with Gasteiger partial charge in [-0.3, -0.25) is 14.5 Å². The molecule has 0 aliphatic carbocycles. The van der Waals surface area contributed by atoms with Crippen molar-refractivity contribution >= 4 is 35.8 Å². The van der Waals surface area contributed by atoms with Gasteiger partial charge in [0.05, 0.1) is 19.6 Å². The van der Waals surface area contributed by atoms with Gasteiger partial charge in [-0.05, 0) is 36.2 Å². The van der Waals surface area contributed by atoms with Gasteiger partial charge in [0, 0.05) is 50.8 Å². The minimum absolute atomic E-state index is 0. The Labute approximate surface area is 212 Å². The van der Waals surface area contributed by atoms with Gasteiger partial charge in [0.15, 0.2) is 5.96 Å². The predicted octanol–water partition coefficient (Wildman–Crippen LogP) is 2.70. The number of guanidine groups is 1. The zero-order chi connectivity index (χ0) is 22.6. The normalized spacial score (nSPS) is 10.9. The molecule has 0 aliphatic rings. The number of hydrogen-bond donors (Lipinski definition) is 2. The van der Waals surface area contributed by atoms with Crippen molar-refractivity contribution < 1.29 is 4.79 Å². The summed E-state index contributed by atoms with van der Waals surface area (Å²) in [5.41, 5.74) is 3.27. The van der Waals surface area contributed by atoms with Gasteiger partial charge < -0.3 is 15.5 Å². The molecule has 8 nitrogen and oxygen atoms in total. The topological polar surface area (TPSA) is 87.4 Å². The number of hydrogen-bond acceptors (Lipinski definition) is 4. The molecule has 1 amide bonds. The van der Waals surface area contributed by atoms with Crippen LogP contribution in [0.3, 0.4) is 0 Å². The number of aromatic nitrogens is 3. The van der Waals surface area contributed by atoms with Crippen LogP contribution in [0.5, 0.6) is 0 Å². The van der Waals surface area contributed by atoms with Crippen LogP contribution in [0.2, 0.25) is 0 Å². The number of carbonyl (C=O) groups excluding carboxylic acids is 1. The van der Waals surface area contributed by atoms with E-state index in [2.05, 4.69) is 37.8 Å². The highest BCUT2D eigenvalue weighted by atomic mass is 127. The van der Waals surface area contributed by atoms with E-state index in [1.807, 2.05) is 61.2 Å². The highest BCUT2D eigenvalue weighted by Crippen LogP contribution is 2.11. The van der Waals surface area contributed by atoms with Gasteiger partial charge >= 0.3 is 0 Å². The number of rotatable bonds is 10. The van der Waals surface area contributed by atoms with E-state index >= 15 is 0 Å². The summed E-state index contributed by atoms with van der Waals surface area (Å²) in [6, 6.07) is 15.9. The van der Waals surface area contributed by atoms with E-state index in [4.69, 9.17) is 0 Å². The molecule has 0 atom stereocenters. The maximum atomic E-state index is 12.5. The van der Waals surface area contributed by atoms with Crippen molar-refractivity contribution in [2.45, 2.75) is 26.4 Å². The summed E-state index contributed by atoms with van der Waals surface area (Å²) < 4.78 is 1.89. The third-order valence-corrected chi connectivity index (χ3v) is 5.02. The molecular weight excluding hydrogens is 529 g/mol. The summed E-state index contributed by atoms with van der Waals surface area (Å²) in [5.74, 6) is 0.624. The van der Waals surface area contributed by atoms with E-state index in [1.165, 1.54) is 5.56 Å². The Balaban J connectivity index is 0.00000385. The molecule has 0 saturated heterocycles. The quantitative estimate of drug-likeness (QED) is 0.226. The zero-order valence-electron chi connectivity index (χ0n) is 19.1. The van der Waals surface area contributed by atoms with Gasteiger partial charge in [-0.15, -0.1) is 24.0 Å². The lowest BCUT2D eigenvalue weighted by Gasteiger charge is -2.18. The maximum absolute atomic E-state index is 12.5. The smallest absolute Gasteiger partial charge is 0.241 e. The maximum Gasteiger partial charge on any atom is 0.241 e. The minimum atomic E-state index is 0. The Hall–Kier alpha value is -2.95. The second-order valence-electron chi connectivity index (χ2n) is 7.41. The fraction of sp³-hybridized carbons (Fsp3) is 0.333. The number of amides is 1. The van der Waals surface area contributed by atoms with Crippen LogP contribution in [0, 0.1) is 0 Å². The molecule has 0 unspecified atom stereocenters. The first-order chi connectivity index (χ1) is 15.7.